The molecule has 144 valence electrons. The Kier molecular flexibility index (Phi) is 5.38. The normalized spacial score (nSPS) is 10.8. The second kappa shape index (κ2) is 8.11. The van der Waals surface area contributed by atoms with Gasteiger partial charge in [-0.1, -0.05) is 60.7 Å². The SMILES string of the molecule is O=C(Cl)COc1ccc2ccccc2c1-c1c(OC(=O)Cl)ccc2ccccc12. The van der Waals surface area contributed by atoms with Crippen LogP contribution in [-0.2, 0) is 4.79 Å². The highest BCUT2D eigenvalue weighted by molar-refractivity contribution is 6.64. The molecule has 0 aromatic heterocycles. The van der Waals surface area contributed by atoms with E-state index in [1.807, 2.05) is 60.7 Å². The third kappa shape index (κ3) is 3.90. The summed E-state index contributed by atoms with van der Waals surface area (Å²) in [6.45, 7) is -0.289. The lowest BCUT2D eigenvalue weighted by Gasteiger charge is -2.18. The van der Waals surface area contributed by atoms with Gasteiger partial charge < -0.3 is 9.47 Å². The Bertz CT molecular complexity index is 1250. The fourth-order valence-electron chi connectivity index (χ4n) is 3.45. The molecule has 0 fully saturated rings. The van der Waals surface area contributed by atoms with E-state index in [4.69, 9.17) is 32.7 Å². The number of carbonyl (C=O) groups excluding carboxylic acids is 2. The molecule has 0 heterocycles. The Morgan fingerprint density at radius 2 is 1.21 bits per heavy atom. The Hall–Kier alpha value is -3.08. The fraction of sp³-hybridized carbons (Fsp3) is 0.0435. The third-order valence-corrected chi connectivity index (χ3v) is 4.75. The number of hydrogen-bond acceptors (Lipinski definition) is 4. The van der Waals surface area contributed by atoms with Crippen molar-refractivity contribution in [1.29, 1.82) is 0 Å². The van der Waals surface area contributed by atoms with Crippen LogP contribution in [0.15, 0.2) is 72.8 Å². The van der Waals surface area contributed by atoms with E-state index in [-0.39, 0.29) is 6.61 Å². The van der Waals surface area contributed by atoms with Gasteiger partial charge >= 0.3 is 5.43 Å². The molecule has 4 aromatic rings. The van der Waals surface area contributed by atoms with Gasteiger partial charge in [-0.2, -0.15) is 0 Å². The number of hydrogen-bond donors (Lipinski definition) is 0. The van der Waals surface area contributed by atoms with Crippen LogP contribution in [0.2, 0.25) is 0 Å². The van der Waals surface area contributed by atoms with Crippen LogP contribution in [0, 0.1) is 0 Å². The molecule has 0 saturated heterocycles. The predicted molar refractivity (Wildman–Crippen MR) is 115 cm³/mol. The maximum absolute atomic E-state index is 11.5. The molecule has 0 atom stereocenters. The Labute approximate surface area is 176 Å². The van der Waals surface area contributed by atoms with Gasteiger partial charge in [0.2, 0.25) is 0 Å². The van der Waals surface area contributed by atoms with Gasteiger partial charge in [-0.15, -0.1) is 0 Å². The standard InChI is InChI=1S/C23H14Cl2O4/c24-20(26)13-28-18-11-9-14-5-1-3-7-16(14)21(18)22-17-8-4-2-6-15(17)10-12-19(22)29-23(25)27/h1-12H,13H2. The lowest BCUT2D eigenvalue weighted by molar-refractivity contribution is -0.113. The first-order valence-corrected chi connectivity index (χ1v) is 9.52. The third-order valence-electron chi connectivity index (χ3n) is 4.56. The minimum atomic E-state index is -0.944. The average Bonchev–Trinajstić information content (AvgIpc) is 2.71. The molecule has 0 aliphatic heterocycles. The lowest BCUT2D eigenvalue weighted by atomic mass is 9.92. The summed E-state index contributed by atoms with van der Waals surface area (Å²) < 4.78 is 11.0. The van der Waals surface area contributed by atoms with Crippen molar-refractivity contribution in [3.8, 4) is 22.6 Å². The maximum Gasteiger partial charge on any atom is 0.409 e. The average molecular weight is 425 g/mol. The summed E-state index contributed by atoms with van der Waals surface area (Å²) in [5, 5.41) is 3.01. The molecule has 0 amide bonds. The number of ether oxygens (including phenoxy) is 2. The first-order chi connectivity index (χ1) is 14.0. The van der Waals surface area contributed by atoms with E-state index in [1.165, 1.54) is 0 Å². The highest BCUT2D eigenvalue weighted by Gasteiger charge is 2.20. The van der Waals surface area contributed by atoms with Gasteiger partial charge in [-0.3, -0.25) is 4.79 Å². The number of halogens is 2. The van der Waals surface area contributed by atoms with Crippen molar-refractivity contribution >= 4 is 55.4 Å². The molecule has 0 aliphatic carbocycles. The molecular weight excluding hydrogens is 411 g/mol. The van der Waals surface area contributed by atoms with Crippen LogP contribution in [0.5, 0.6) is 11.5 Å². The number of benzene rings is 4. The van der Waals surface area contributed by atoms with Crippen LogP contribution in [0.1, 0.15) is 0 Å². The molecule has 0 saturated carbocycles. The molecule has 0 bridgehead atoms. The molecule has 29 heavy (non-hydrogen) atoms. The smallest absolute Gasteiger partial charge is 0.409 e. The van der Waals surface area contributed by atoms with Crippen LogP contribution in [0.3, 0.4) is 0 Å². The lowest BCUT2D eigenvalue weighted by Crippen LogP contribution is -2.06. The van der Waals surface area contributed by atoms with Crippen LogP contribution in [-0.4, -0.2) is 17.3 Å². The number of rotatable bonds is 5. The Morgan fingerprint density at radius 1 is 0.690 bits per heavy atom. The van der Waals surface area contributed by atoms with Crippen molar-refractivity contribution in [3.63, 3.8) is 0 Å². The zero-order valence-electron chi connectivity index (χ0n) is 15.0. The predicted octanol–water partition coefficient (Wildman–Crippen LogP) is 6.54. The van der Waals surface area contributed by atoms with Gasteiger partial charge in [-0.05, 0) is 45.3 Å². The zero-order chi connectivity index (χ0) is 20.4. The van der Waals surface area contributed by atoms with Gasteiger partial charge in [0, 0.05) is 22.7 Å². The quantitative estimate of drug-likeness (QED) is 0.341. The monoisotopic (exact) mass is 424 g/mol. The van der Waals surface area contributed by atoms with E-state index >= 15 is 0 Å². The largest absolute Gasteiger partial charge is 0.484 e. The Balaban J connectivity index is 2.10. The molecule has 0 N–H and O–H groups in total. The topological polar surface area (TPSA) is 52.6 Å². The highest BCUT2D eigenvalue weighted by Crippen LogP contribution is 2.45. The number of fused-ring (bicyclic) bond motifs is 2. The minimum absolute atomic E-state index is 0.289. The van der Waals surface area contributed by atoms with Crippen LogP contribution in [0.25, 0.3) is 32.7 Å². The van der Waals surface area contributed by atoms with E-state index in [9.17, 15) is 9.59 Å². The van der Waals surface area contributed by atoms with E-state index in [2.05, 4.69) is 0 Å². The molecule has 0 unspecified atom stereocenters. The fourth-order valence-corrected chi connectivity index (χ4v) is 3.58. The molecule has 0 radical (unpaired) electrons. The molecule has 4 nitrogen and oxygen atoms in total. The molecular formula is C23H14Cl2O4. The zero-order valence-corrected chi connectivity index (χ0v) is 16.5. The van der Waals surface area contributed by atoms with Crippen molar-refractivity contribution in [1.82, 2.24) is 0 Å². The van der Waals surface area contributed by atoms with E-state index in [0.29, 0.717) is 22.6 Å². The van der Waals surface area contributed by atoms with Crippen LogP contribution in [0.4, 0.5) is 4.79 Å². The molecule has 4 rings (SSSR count). The maximum atomic E-state index is 11.5. The van der Waals surface area contributed by atoms with Crippen molar-refractivity contribution < 1.29 is 19.1 Å². The molecule has 0 spiro atoms. The summed E-state index contributed by atoms with van der Waals surface area (Å²) in [5.74, 6) is 0.739. The van der Waals surface area contributed by atoms with Crippen molar-refractivity contribution in [2.45, 2.75) is 0 Å². The van der Waals surface area contributed by atoms with E-state index in [1.54, 1.807) is 12.1 Å². The molecule has 6 heteroatoms. The molecule has 4 aromatic carbocycles. The summed E-state index contributed by atoms with van der Waals surface area (Å²) in [4.78, 5) is 22.9. The summed E-state index contributed by atoms with van der Waals surface area (Å²) in [6, 6.07) is 22.6. The highest BCUT2D eigenvalue weighted by atomic mass is 35.5. The van der Waals surface area contributed by atoms with Gasteiger partial charge in [0.05, 0.1) is 0 Å². The van der Waals surface area contributed by atoms with Crippen LogP contribution < -0.4 is 9.47 Å². The van der Waals surface area contributed by atoms with Crippen molar-refractivity contribution in [3.05, 3.63) is 72.8 Å². The number of carbonyl (C=O) groups is 2. The summed E-state index contributed by atoms with van der Waals surface area (Å²) in [7, 11) is 0. The molecule has 0 aliphatic rings. The Morgan fingerprint density at radius 3 is 1.76 bits per heavy atom. The van der Waals surface area contributed by atoms with Gasteiger partial charge in [-0.25, -0.2) is 4.79 Å². The van der Waals surface area contributed by atoms with Crippen molar-refractivity contribution in [2.24, 2.45) is 0 Å². The summed E-state index contributed by atoms with van der Waals surface area (Å²) in [5.41, 5.74) is 0.386. The first-order valence-electron chi connectivity index (χ1n) is 8.77. The van der Waals surface area contributed by atoms with E-state index < -0.39 is 10.7 Å². The van der Waals surface area contributed by atoms with Gasteiger partial charge in [0.1, 0.15) is 11.5 Å². The summed E-state index contributed by atoms with van der Waals surface area (Å²) >= 11 is 11.0. The van der Waals surface area contributed by atoms with E-state index in [0.717, 1.165) is 21.5 Å². The second-order valence-corrected chi connectivity index (χ2v) is 7.03. The minimum Gasteiger partial charge on any atom is -0.484 e. The van der Waals surface area contributed by atoms with Gasteiger partial charge in [0.25, 0.3) is 5.24 Å². The first kappa shape index (κ1) is 19.2. The van der Waals surface area contributed by atoms with Gasteiger partial charge in [0.15, 0.2) is 6.61 Å². The second-order valence-electron chi connectivity index (χ2n) is 6.30. The van der Waals surface area contributed by atoms with Crippen molar-refractivity contribution in [2.75, 3.05) is 6.61 Å². The summed E-state index contributed by atoms with van der Waals surface area (Å²) in [6.07, 6.45) is 0. The van der Waals surface area contributed by atoms with Crippen LogP contribution >= 0.6 is 23.2 Å².